The Morgan fingerprint density at radius 2 is 1.95 bits per heavy atom. The van der Waals surface area contributed by atoms with E-state index in [1.807, 2.05) is 30.3 Å². The van der Waals surface area contributed by atoms with Crippen molar-refractivity contribution < 1.29 is 19.1 Å². The monoisotopic (exact) mass is 325 g/mol. The minimum absolute atomic E-state index is 0.128. The Bertz CT molecular complexity index is 541. The van der Waals surface area contributed by atoms with Gasteiger partial charge in [0.1, 0.15) is 11.7 Å². The van der Waals surface area contributed by atoms with Gasteiger partial charge in [-0.25, -0.2) is 14.5 Å². The highest BCUT2D eigenvalue weighted by atomic mass is 35.5. The number of rotatable bonds is 3. The van der Waals surface area contributed by atoms with E-state index in [4.69, 9.17) is 21.1 Å². The summed E-state index contributed by atoms with van der Waals surface area (Å²) in [5, 5.41) is 0. The van der Waals surface area contributed by atoms with E-state index in [1.54, 1.807) is 20.8 Å². The molecule has 22 heavy (non-hydrogen) atoms. The number of carbonyl (C=O) groups excluding carboxylic acids is 2. The normalized spacial score (nSPS) is 21.6. The van der Waals surface area contributed by atoms with Crippen LogP contribution in [-0.2, 0) is 15.9 Å². The van der Waals surface area contributed by atoms with E-state index in [9.17, 15) is 9.59 Å². The molecular formula is C16H20ClNO4. The van der Waals surface area contributed by atoms with Crippen molar-refractivity contribution in [1.82, 2.24) is 4.90 Å². The minimum Gasteiger partial charge on any atom is -0.443 e. The standard InChI is InChI=1S/C16H20ClNO4/c1-16(2,3)22-15(20)18-12(13(10-17)21-14(18)19)9-11-7-5-4-6-8-11/h4-8,12-13H,9-10H2,1-3H3/t12-,13-/m1/s1. The summed E-state index contributed by atoms with van der Waals surface area (Å²) < 4.78 is 10.5. The van der Waals surface area contributed by atoms with Crippen molar-refractivity contribution in [2.24, 2.45) is 0 Å². The Morgan fingerprint density at radius 1 is 1.32 bits per heavy atom. The van der Waals surface area contributed by atoms with Crippen molar-refractivity contribution in [3.05, 3.63) is 35.9 Å². The van der Waals surface area contributed by atoms with Gasteiger partial charge in [-0.2, -0.15) is 0 Å². The van der Waals surface area contributed by atoms with Gasteiger partial charge in [0.05, 0.1) is 11.9 Å². The quantitative estimate of drug-likeness (QED) is 0.797. The van der Waals surface area contributed by atoms with Gasteiger partial charge in [-0.05, 0) is 32.8 Å². The summed E-state index contributed by atoms with van der Waals surface area (Å²) in [6, 6.07) is 9.11. The predicted molar refractivity (Wildman–Crippen MR) is 83.0 cm³/mol. The Hall–Kier alpha value is -1.75. The third-order valence-corrected chi connectivity index (χ3v) is 3.54. The number of amides is 2. The van der Waals surface area contributed by atoms with Crippen LogP contribution >= 0.6 is 11.6 Å². The first kappa shape index (κ1) is 16.6. The van der Waals surface area contributed by atoms with Gasteiger partial charge in [-0.15, -0.1) is 11.6 Å². The van der Waals surface area contributed by atoms with Crippen LogP contribution in [0.5, 0.6) is 0 Å². The first-order valence-corrected chi connectivity index (χ1v) is 7.68. The number of nitrogens with zero attached hydrogens (tertiary/aromatic N) is 1. The molecule has 0 N–H and O–H groups in total. The molecule has 1 heterocycles. The molecule has 1 saturated heterocycles. The molecular weight excluding hydrogens is 306 g/mol. The molecule has 2 atom stereocenters. The van der Waals surface area contributed by atoms with Crippen molar-refractivity contribution in [3.63, 3.8) is 0 Å². The Kier molecular flexibility index (Phi) is 4.96. The Morgan fingerprint density at radius 3 is 2.50 bits per heavy atom. The van der Waals surface area contributed by atoms with Gasteiger partial charge >= 0.3 is 12.2 Å². The first-order chi connectivity index (χ1) is 10.3. The van der Waals surface area contributed by atoms with Crippen LogP contribution in [-0.4, -0.2) is 40.7 Å². The van der Waals surface area contributed by atoms with Crippen LogP contribution in [0.2, 0.25) is 0 Å². The van der Waals surface area contributed by atoms with E-state index in [0.717, 1.165) is 10.5 Å². The zero-order valence-corrected chi connectivity index (χ0v) is 13.7. The van der Waals surface area contributed by atoms with Crippen LogP contribution in [0, 0.1) is 0 Å². The largest absolute Gasteiger partial charge is 0.443 e. The highest BCUT2D eigenvalue weighted by Gasteiger charge is 2.46. The lowest BCUT2D eigenvalue weighted by molar-refractivity contribution is 0.0288. The number of hydrogen-bond donors (Lipinski definition) is 0. The summed E-state index contributed by atoms with van der Waals surface area (Å²) in [6.07, 6.45) is -1.47. The number of halogens is 1. The molecule has 2 amide bonds. The van der Waals surface area contributed by atoms with Gasteiger partial charge in [0.2, 0.25) is 0 Å². The fraction of sp³-hybridized carbons (Fsp3) is 0.500. The van der Waals surface area contributed by atoms with E-state index in [0.29, 0.717) is 6.42 Å². The van der Waals surface area contributed by atoms with Crippen molar-refractivity contribution in [1.29, 1.82) is 0 Å². The molecule has 0 aliphatic carbocycles. The van der Waals surface area contributed by atoms with E-state index in [1.165, 1.54) is 0 Å². The molecule has 0 bridgehead atoms. The zero-order valence-electron chi connectivity index (χ0n) is 12.9. The van der Waals surface area contributed by atoms with E-state index in [-0.39, 0.29) is 5.88 Å². The van der Waals surface area contributed by atoms with Crippen LogP contribution < -0.4 is 0 Å². The summed E-state index contributed by atoms with van der Waals surface area (Å²) in [4.78, 5) is 25.3. The predicted octanol–water partition coefficient (Wildman–Crippen LogP) is 3.59. The van der Waals surface area contributed by atoms with E-state index >= 15 is 0 Å². The molecule has 2 rings (SSSR count). The molecule has 0 saturated carbocycles. The van der Waals surface area contributed by atoms with Crippen molar-refractivity contribution in [2.75, 3.05) is 5.88 Å². The van der Waals surface area contributed by atoms with Crippen LogP contribution in [0.3, 0.4) is 0 Å². The third-order valence-electron chi connectivity index (χ3n) is 3.24. The maximum atomic E-state index is 12.3. The number of hydrogen-bond acceptors (Lipinski definition) is 4. The molecule has 0 aromatic heterocycles. The third kappa shape index (κ3) is 3.91. The van der Waals surface area contributed by atoms with Crippen molar-refractivity contribution >= 4 is 23.8 Å². The van der Waals surface area contributed by atoms with Crippen molar-refractivity contribution in [2.45, 2.75) is 44.9 Å². The van der Waals surface area contributed by atoms with Gasteiger partial charge in [0.15, 0.2) is 0 Å². The van der Waals surface area contributed by atoms with Crippen LogP contribution in [0.1, 0.15) is 26.3 Å². The summed E-state index contributed by atoms with van der Waals surface area (Å²) in [5.74, 6) is 0.128. The molecule has 0 spiro atoms. The lowest BCUT2D eigenvalue weighted by atomic mass is 10.0. The summed E-state index contributed by atoms with van der Waals surface area (Å²) >= 11 is 5.88. The number of cyclic esters (lactones) is 1. The lowest BCUT2D eigenvalue weighted by Gasteiger charge is -2.26. The molecule has 6 heteroatoms. The SMILES string of the molecule is CC(C)(C)OC(=O)N1C(=O)O[C@H](CCl)[C@H]1Cc1ccccc1. The van der Waals surface area contributed by atoms with E-state index < -0.39 is 29.9 Å². The molecule has 1 aromatic carbocycles. The highest BCUT2D eigenvalue weighted by molar-refractivity contribution is 6.18. The smallest absolute Gasteiger partial charge is 0.420 e. The number of carbonyl (C=O) groups is 2. The number of ether oxygens (including phenoxy) is 2. The second-order valence-corrected chi connectivity index (χ2v) is 6.49. The lowest BCUT2D eigenvalue weighted by Crippen LogP contribution is -2.45. The summed E-state index contributed by atoms with van der Waals surface area (Å²) in [7, 11) is 0. The van der Waals surface area contributed by atoms with Crippen LogP contribution in [0.15, 0.2) is 30.3 Å². The molecule has 1 aliphatic rings. The number of alkyl halides is 1. The summed E-state index contributed by atoms with van der Waals surface area (Å²) in [6.45, 7) is 5.24. The molecule has 1 fully saturated rings. The maximum Gasteiger partial charge on any atom is 0.420 e. The van der Waals surface area contributed by atoms with E-state index in [2.05, 4.69) is 0 Å². The fourth-order valence-corrected chi connectivity index (χ4v) is 2.57. The summed E-state index contributed by atoms with van der Waals surface area (Å²) in [5.41, 5.74) is 0.308. The number of imide groups is 1. The Labute approximate surface area is 135 Å². The van der Waals surface area contributed by atoms with Crippen molar-refractivity contribution in [3.8, 4) is 0 Å². The molecule has 0 radical (unpaired) electrons. The van der Waals surface area contributed by atoms with Crippen LogP contribution in [0.4, 0.5) is 9.59 Å². The minimum atomic E-state index is -0.708. The average Bonchev–Trinajstić information content (AvgIpc) is 2.74. The second-order valence-electron chi connectivity index (χ2n) is 6.18. The molecule has 120 valence electrons. The maximum absolute atomic E-state index is 12.3. The number of benzene rings is 1. The second kappa shape index (κ2) is 6.57. The van der Waals surface area contributed by atoms with Gasteiger partial charge in [0, 0.05) is 0 Å². The fourth-order valence-electron chi connectivity index (χ4n) is 2.30. The van der Waals surface area contributed by atoms with Gasteiger partial charge in [-0.3, -0.25) is 0 Å². The zero-order chi connectivity index (χ0) is 16.3. The van der Waals surface area contributed by atoms with Gasteiger partial charge in [-0.1, -0.05) is 30.3 Å². The average molecular weight is 326 g/mol. The Balaban J connectivity index is 2.21. The van der Waals surface area contributed by atoms with Gasteiger partial charge < -0.3 is 9.47 Å². The first-order valence-electron chi connectivity index (χ1n) is 7.14. The highest BCUT2D eigenvalue weighted by Crippen LogP contribution is 2.26. The van der Waals surface area contributed by atoms with Gasteiger partial charge in [0.25, 0.3) is 0 Å². The molecule has 0 unspecified atom stereocenters. The molecule has 1 aliphatic heterocycles. The topological polar surface area (TPSA) is 55.8 Å². The van der Waals surface area contributed by atoms with Crippen LogP contribution in [0.25, 0.3) is 0 Å². The molecule has 1 aromatic rings. The molecule has 5 nitrogen and oxygen atoms in total.